The molecule has 0 aliphatic heterocycles. The van der Waals surface area contributed by atoms with E-state index in [1.165, 1.54) is 11.3 Å². The van der Waals surface area contributed by atoms with E-state index in [0.717, 1.165) is 40.9 Å². The van der Waals surface area contributed by atoms with Gasteiger partial charge in [0.05, 0.1) is 0 Å². The molecule has 0 amide bonds. The Kier molecular flexibility index (Phi) is 6.64. The predicted molar refractivity (Wildman–Crippen MR) is 113 cm³/mol. The third-order valence-corrected chi connectivity index (χ3v) is 4.19. The molecule has 0 unspecified atom stereocenters. The molecule has 1 aromatic carbocycles. The van der Waals surface area contributed by atoms with E-state index in [4.69, 9.17) is 0 Å². The van der Waals surface area contributed by atoms with E-state index in [0.29, 0.717) is 0 Å². The molecule has 130 valence electrons. The van der Waals surface area contributed by atoms with Crippen LogP contribution in [0.3, 0.4) is 0 Å². The third-order valence-electron chi connectivity index (χ3n) is 4.19. The molecule has 0 fully saturated rings. The predicted octanol–water partition coefficient (Wildman–Crippen LogP) is 6.32. The van der Waals surface area contributed by atoms with Gasteiger partial charge in [-0.3, -0.25) is 0 Å². The van der Waals surface area contributed by atoms with Crippen LogP contribution in [-0.2, 0) is 6.42 Å². The molecule has 0 aliphatic rings. The molecule has 2 rings (SSSR count). The maximum absolute atomic E-state index is 4.25. The first-order chi connectivity index (χ1) is 12.1. The van der Waals surface area contributed by atoms with E-state index in [1.807, 2.05) is 20.0 Å². The Morgan fingerprint density at radius 3 is 2.52 bits per heavy atom. The molecule has 0 radical (unpaired) electrons. The molecule has 25 heavy (non-hydrogen) atoms. The van der Waals surface area contributed by atoms with Crippen LogP contribution < -0.4 is 5.32 Å². The van der Waals surface area contributed by atoms with Crippen LogP contribution in [0, 0.1) is 0 Å². The quantitative estimate of drug-likeness (QED) is 0.543. The largest absolute Gasteiger partial charge is 0.388 e. The summed E-state index contributed by atoms with van der Waals surface area (Å²) >= 11 is 0. The molecule has 0 saturated heterocycles. The van der Waals surface area contributed by atoms with Gasteiger partial charge in [0.1, 0.15) is 0 Å². The Morgan fingerprint density at radius 2 is 1.96 bits per heavy atom. The number of benzene rings is 1. The van der Waals surface area contributed by atoms with Crippen LogP contribution in [0.5, 0.6) is 0 Å². The average molecular weight is 332 g/mol. The average Bonchev–Trinajstić information content (AvgIpc) is 3.04. The molecular weight excluding hydrogens is 304 g/mol. The lowest BCUT2D eigenvalue weighted by molar-refractivity contribution is 0.889. The molecule has 2 aromatic rings. The van der Waals surface area contributed by atoms with E-state index < -0.39 is 0 Å². The summed E-state index contributed by atoms with van der Waals surface area (Å²) in [4.78, 5) is 3.55. The second-order valence-corrected chi connectivity index (χ2v) is 6.02. The molecule has 2 heteroatoms. The summed E-state index contributed by atoms with van der Waals surface area (Å²) in [6.45, 7) is 12.4. The van der Waals surface area contributed by atoms with Gasteiger partial charge in [-0.05, 0) is 59.9 Å². The molecule has 0 spiro atoms. The van der Waals surface area contributed by atoms with Gasteiger partial charge in [0.2, 0.25) is 0 Å². The van der Waals surface area contributed by atoms with Crippen molar-refractivity contribution in [3.63, 3.8) is 0 Å². The normalized spacial score (nSPS) is 11.7. The first kappa shape index (κ1) is 18.6. The van der Waals surface area contributed by atoms with Crippen molar-refractivity contribution < 1.29 is 0 Å². The minimum absolute atomic E-state index is 0.988. The number of aromatic amines is 1. The third kappa shape index (κ3) is 4.63. The van der Waals surface area contributed by atoms with Gasteiger partial charge < -0.3 is 10.3 Å². The summed E-state index contributed by atoms with van der Waals surface area (Å²) in [6, 6.07) is 10.5. The molecule has 0 saturated carbocycles. The van der Waals surface area contributed by atoms with Crippen molar-refractivity contribution in [1.82, 2.24) is 4.98 Å². The fourth-order valence-corrected chi connectivity index (χ4v) is 2.83. The van der Waals surface area contributed by atoms with Crippen LogP contribution in [0.15, 0.2) is 61.7 Å². The van der Waals surface area contributed by atoms with Crippen LogP contribution in [0.2, 0.25) is 0 Å². The zero-order valence-corrected chi connectivity index (χ0v) is 15.5. The number of H-pyrrole nitrogens is 1. The lowest BCUT2D eigenvalue weighted by atomic mass is 10.0. The summed E-state index contributed by atoms with van der Waals surface area (Å²) in [7, 11) is 1.92. The molecule has 1 aromatic heterocycles. The van der Waals surface area contributed by atoms with Crippen molar-refractivity contribution in [3.05, 3.63) is 84.2 Å². The number of hydrogen-bond acceptors (Lipinski definition) is 1. The monoisotopic (exact) mass is 332 g/mol. The standard InChI is InChI=1S/C23H28N2/c1-6-9-20(23-16-18(8-3)22(25-23)10-7-2)15-17(4)19-11-13-21(24-5)14-12-19/h6,8-9,11-16,24-25H,3-4,7,10H2,1-2,5H3/b9-6-,20-15+. The summed E-state index contributed by atoms with van der Waals surface area (Å²) in [5.41, 5.74) is 7.84. The fourth-order valence-electron chi connectivity index (χ4n) is 2.83. The van der Waals surface area contributed by atoms with Gasteiger partial charge >= 0.3 is 0 Å². The van der Waals surface area contributed by atoms with Crippen molar-refractivity contribution in [3.8, 4) is 0 Å². The number of allylic oxidation sites excluding steroid dienone is 5. The Hall–Kier alpha value is -2.74. The Labute approximate surface area is 151 Å². The topological polar surface area (TPSA) is 27.8 Å². The summed E-state index contributed by atoms with van der Waals surface area (Å²) < 4.78 is 0. The van der Waals surface area contributed by atoms with Crippen LogP contribution in [0.25, 0.3) is 17.2 Å². The molecule has 0 atom stereocenters. The zero-order chi connectivity index (χ0) is 18.2. The number of nitrogens with one attached hydrogen (secondary N) is 2. The minimum Gasteiger partial charge on any atom is -0.388 e. The number of hydrogen-bond donors (Lipinski definition) is 2. The van der Waals surface area contributed by atoms with Gasteiger partial charge in [-0.25, -0.2) is 0 Å². The van der Waals surface area contributed by atoms with E-state index in [-0.39, 0.29) is 0 Å². The molecule has 0 bridgehead atoms. The number of aromatic nitrogens is 1. The molecule has 2 N–H and O–H groups in total. The molecule has 0 aliphatic carbocycles. The Balaban J connectivity index is 2.37. The highest BCUT2D eigenvalue weighted by atomic mass is 14.8. The smallest absolute Gasteiger partial charge is 0.0462 e. The number of aryl methyl sites for hydroxylation is 1. The second-order valence-electron chi connectivity index (χ2n) is 6.02. The van der Waals surface area contributed by atoms with Crippen LogP contribution in [-0.4, -0.2) is 12.0 Å². The first-order valence-corrected chi connectivity index (χ1v) is 8.79. The molecule has 2 nitrogen and oxygen atoms in total. The van der Waals surface area contributed by atoms with E-state index in [1.54, 1.807) is 0 Å². The van der Waals surface area contributed by atoms with Gasteiger partial charge in [0.25, 0.3) is 0 Å². The van der Waals surface area contributed by atoms with Crippen LogP contribution in [0.1, 0.15) is 42.8 Å². The van der Waals surface area contributed by atoms with Crippen molar-refractivity contribution >= 4 is 22.9 Å². The lowest BCUT2D eigenvalue weighted by Crippen LogP contribution is -1.89. The highest BCUT2D eigenvalue weighted by Gasteiger charge is 2.08. The summed E-state index contributed by atoms with van der Waals surface area (Å²) in [5, 5.41) is 3.14. The van der Waals surface area contributed by atoms with Crippen LogP contribution >= 0.6 is 0 Å². The van der Waals surface area contributed by atoms with Gasteiger partial charge in [-0.15, -0.1) is 0 Å². The second kappa shape index (κ2) is 8.93. The van der Waals surface area contributed by atoms with E-state index >= 15 is 0 Å². The number of anilines is 1. The molecule has 1 heterocycles. The highest BCUT2D eigenvalue weighted by molar-refractivity contribution is 5.86. The summed E-state index contributed by atoms with van der Waals surface area (Å²) in [5.74, 6) is 0. The maximum atomic E-state index is 4.25. The highest BCUT2D eigenvalue weighted by Crippen LogP contribution is 2.26. The zero-order valence-electron chi connectivity index (χ0n) is 15.5. The molecular formula is C23H28N2. The first-order valence-electron chi connectivity index (χ1n) is 8.79. The maximum Gasteiger partial charge on any atom is 0.0462 e. The number of rotatable bonds is 8. The van der Waals surface area contributed by atoms with Gasteiger partial charge in [-0.2, -0.15) is 0 Å². The fraction of sp³-hybridized carbons (Fsp3) is 0.217. The SMILES string of the molecule is C=Cc1cc(C(/C=C\C)=C/C(=C)c2ccc(NC)cc2)[nH]c1CCC. The van der Waals surface area contributed by atoms with E-state index in [9.17, 15) is 0 Å². The van der Waals surface area contributed by atoms with E-state index in [2.05, 4.69) is 78.9 Å². The lowest BCUT2D eigenvalue weighted by Gasteiger charge is -2.06. The van der Waals surface area contributed by atoms with Crippen LogP contribution in [0.4, 0.5) is 5.69 Å². The van der Waals surface area contributed by atoms with Crippen molar-refractivity contribution in [2.24, 2.45) is 0 Å². The van der Waals surface area contributed by atoms with Gasteiger partial charge in [0, 0.05) is 24.1 Å². The van der Waals surface area contributed by atoms with Gasteiger partial charge in [0.15, 0.2) is 0 Å². The Morgan fingerprint density at radius 1 is 1.24 bits per heavy atom. The Bertz CT molecular complexity index is 786. The van der Waals surface area contributed by atoms with Crippen molar-refractivity contribution in [2.45, 2.75) is 26.7 Å². The van der Waals surface area contributed by atoms with Crippen molar-refractivity contribution in [1.29, 1.82) is 0 Å². The summed E-state index contributed by atoms with van der Waals surface area (Å²) in [6.07, 6.45) is 10.3. The van der Waals surface area contributed by atoms with Crippen molar-refractivity contribution in [2.75, 3.05) is 12.4 Å². The minimum atomic E-state index is 0.988. The van der Waals surface area contributed by atoms with Gasteiger partial charge in [-0.1, -0.05) is 56.9 Å².